The van der Waals surface area contributed by atoms with Crippen molar-refractivity contribution in [3.63, 3.8) is 0 Å². The van der Waals surface area contributed by atoms with E-state index in [4.69, 9.17) is 28.4 Å². The molecule has 3 rings (SSSR count). The normalized spacial score (nSPS) is 25.8. The standard InChI is InChI=1S/C90H157NO18/c1-3-5-7-9-11-13-15-17-19-21-23-25-27-29-31-33-35-36-38-39-41-43-45-47-49-51-53-55-57-59-61-63-65-67-74(95)73(91-78(96)68-66-64-62-60-58-56-54-52-50-48-46-44-42-40-37-34-32-30-28-26-24-22-20-18-16-14-12-10-8-6-4-2)72-104-88-84(102)81(99)86(76(70-93)106-88)109-90-85(103)82(100)87(77(71-94)107-90)108-89-83(101)80(98)79(97)75(69-92)105-89/h6,8,12,14,18,20,24,26,30,32,37,40,44,46,50,52,56,58,73-77,79-90,92-95,97-103H,3-5,7,9-11,13,15-17,19,21-23,25,27-29,31,33-36,38-39,41-43,45,47-49,51,53-55,57,59-72H2,1-2H3,(H,91,96)/b8-6-,14-12-,20-18-,26-24-,32-30-,40-37-,46-44-,52-50-,58-56-. The van der Waals surface area contributed by atoms with E-state index in [-0.39, 0.29) is 18.9 Å². The number of hydrogen-bond acceptors (Lipinski definition) is 18. The highest BCUT2D eigenvalue weighted by Crippen LogP contribution is 2.33. The predicted molar refractivity (Wildman–Crippen MR) is 438 cm³/mol. The van der Waals surface area contributed by atoms with Crippen LogP contribution in [0.15, 0.2) is 109 Å². The Morgan fingerprint density at radius 3 is 0.982 bits per heavy atom. The zero-order chi connectivity index (χ0) is 78.8. The van der Waals surface area contributed by atoms with Gasteiger partial charge in [0.05, 0.1) is 38.6 Å². The molecule has 0 aromatic carbocycles. The van der Waals surface area contributed by atoms with Crippen LogP contribution in [0.25, 0.3) is 0 Å². The predicted octanol–water partition coefficient (Wildman–Crippen LogP) is 16.1. The molecular weight excluding hydrogens is 1380 g/mol. The maximum atomic E-state index is 13.5. The van der Waals surface area contributed by atoms with E-state index in [0.717, 1.165) is 96.3 Å². The van der Waals surface area contributed by atoms with Crippen LogP contribution in [-0.4, -0.2) is 193 Å². The van der Waals surface area contributed by atoms with Crippen LogP contribution in [0.3, 0.4) is 0 Å². The summed E-state index contributed by atoms with van der Waals surface area (Å²) in [5.41, 5.74) is 0. The fourth-order valence-electron chi connectivity index (χ4n) is 14.2. The minimum Gasteiger partial charge on any atom is -0.394 e. The van der Waals surface area contributed by atoms with Crippen LogP contribution in [0.2, 0.25) is 0 Å². The molecule has 19 nitrogen and oxygen atoms in total. The van der Waals surface area contributed by atoms with Crippen molar-refractivity contribution in [2.45, 2.75) is 426 Å². The summed E-state index contributed by atoms with van der Waals surface area (Å²) in [5, 5.41) is 121. The molecule has 3 saturated heterocycles. The molecule has 0 aromatic heterocycles. The van der Waals surface area contributed by atoms with Crippen LogP contribution in [0.4, 0.5) is 0 Å². The lowest BCUT2D eigenvalue weighted by Crippen LogP contribution is -2.66. The summed E-state index contributed by atoms with van der Waals surface area (Å²) in [6, 6.07) is -0.916. The summed E-state index contributed by atoms with van der Waals surface area (Å²) in [4.78, 5) is 13.5. The highest BCUT2D eigenvalue weighted by molar-refractivity contribution is 5.76. The molecule has 3 fully saturated rings. The van der Waals surface area contributed by atoms with Gasteiger partial charge in [-0.2, -0.15) is 0 Å². The Bertz CT molecular complexity index is 2390. The lowest BCUT2D eigenvalue weighted by Gasteiger charge is -2.48. The van der Waals surface area contributed by atoms with E-state index >= 15 is 0 Å². The van der Waals surface area contributed by atoms with Crippen LogP contribution < -0.4 is 5.32 Å². The Hall–Kier alpha value is -3.55. The van der Waals surface area contributed by atoms with E-state index in [1.165, 1.54) is 186 Å². The fraction of sp³-hybridized carbons (Fsp3) is 0.789. The summed E-state index contributed by atoms with van der Waals surface area (Å²) in [7, 11) is 0. The Kier molecular flexibility index (Phi) is 62.9. The number of aliphatic hydroxyl groups is 11. The maximum Gasteiger partial charge on any atom is 0.220 e. The Morgan fingerprint density at radius 2 is 0.633 bits per heavy atom. The molecule has 3 heterocycles. The quantitative estimate of drug-likeness (QED) is 0.0199. The lowest BCUT2D eigenvalue weighted by molar-refractivity contribution is -0.379. The zero-order valence-electron chi connectivity index (χ0n) is 67.8. The minimum atomic E-state index is -1.98. The smallest absolute Gasteiger partial charge is 0.220 e. The van der Waals surface area contributed by atoms with Gasteiger partial charge in [-0.05, 0) is 83.5 Å². The zero-order valence-corrected chi connectivity index (χ0v) is 67.8. The first-order valence-corrected chi connectivity index (χ1v) is 43.6. The van der Waals surface area contributed by atoms with Crippen LogP contribution >= 0.6 is 0 Å². The Balaban J connectivity index is 1.36. The van der Waals surface area contributed by atoms with Gasteiger partial charge in [0.1, 0.15) is 73.2 Å². The van der Waals surface area contributed by atoms with E-state index in [1.54, 1.807) is 0 Å². The first kappa shape index (κ1) is 99.6. The number of hydrogen-bond donors (Lipinski definition) is 12. The first-order chi connectivity index (χ1) is 53.3. The summed E-state index contributed by atoms with van der Waals surface area (Å²) >= 11 is 0. The van der Waals surface area contributed by atoms with Crippen LogP contribution in [0, 0.1) is 0 Å². The van der Waals surface area contributed by atoms with Gasteiger partial charge in [0.15, 0.2) is 18.9 Å². The van der Waals surface area contributed by atoms with E-state index in [9.17, 15) is 61.0 Å². The second-order valence-electron chi connectivity index (χ2n) is 30.6. The third-order valence-corrected chi connectivity index (χ3v) is 21.1. The second kappa shape index (κ2) is 68.8. The third-order valence-electron chi connectivity index (χ3n) is 21.1. The number of amides is 1. The fourth-order valence-corrected chi connectivity index (χ4v) is 14.2. The SMILES string of the molecule is CC/C=C\C/C=C\C/C=C\C/C=C\C/C=C\C/C=C\C/C=C\C/C=C\C/C=C\CCCCCC(=O)NC(COC1OC(CO)C(OC2OC(CO)C(OC3OC(CO)C(O)C(O)C3O)C(O)C2O)C(O)C1O)C(O)CCCCCCCCCCCCCCCCCCCCCCCCCCCCCCCCCCC. The van der Waals surface area contributed by atoms with Gasteiger partial charge in [0.2, 0.25) is 5.91 Å². The number of carbonyl (C=O) groups is 1. The van der Waals surface area contributed by atoms with Gasteiger partial charge < -0.3 is 89.9 Å². The Labute approximate surface area is 659 Å². The number of rotatable bonds is 69. The van der Waals surface area contributed by atoms with Gasteiger partial charge in [0.25, 0.3) is 0 Å². The number of aliphatic hydroxyl groups excluding tert-OH is 11. The largest absolute Gasteiger partial charge is 0.394 e. The number of carbonyl (C=O) groups excluding carboxylic acids is 1. The molecule has 1 amide bonds. The molecule has 0 aromatic rings. The van der Waals surface area contributed by atoms with E-state index in [0.29, 0.717) is 19.3 Å². The van der Waals surface area contributed by atoms with Gasteiger partial charge in [0, 0.05) is 6.42 Å². The number of allylic oxidation sites excluding steroid dienone is 18. The molecule has 0 saturated carbocycles. The molecule has 3 aliphatic heterocycles. The van der Waals surface area contributed by atoms with Gasteiger partial charge in [-0.25, -0.2) is 0 Å². The topological polar surface area (TPSA) is 307 Å². The van der Waals surface area contributed by atoms with Crippen molar-refractivity contribution in [3.8, 4) is 0 Å². The molecule has 12 N–H and O–H groups in total. The van der Waals surface area contributed by atoms with Crippen molar-refractivity contribution in [2.24, 2.45) is 0 Å². The molecule has 0 spiro atoms. The van der Waals surface area contributed by atoms with Crippen molar-refractivity contribution in [2.75, 3.05) is 26.4 Å². The van der Waals surface area contributed by atoms with E-state index < -0.39 is 124 Å². The van der Waals surface area contributed by atoms with Crippen molar-refractivity contribution in [3.05, 3.63) is 109 Å². The van der Waals surface area contributed by atoms with Crippen molar-refractivity contribution < 1.29 is 89.4 Å². The highest BCUT2D eigenvalue weighted by atomic mass is 16.8. The second-order valence-corrected chi connectivity index (χ2v) is 30.6. The average molecular weight is 1540 g/mol. The molecule has 19 heteroatoms. The molecule has 630 valence electrons. The molecule has 17 atom stereocenters. The molecule has 0 aliphatic carbocycles. The number of nitrogens with one attached hydrogen (secondary N) is 1. The molecule has 17 unspecified atom stereocenters. The van der Waals surface area contributed by atoms with Crippen LogP contribution in [-0.2, 0) is 33.2 Å². The van der Waals surface area contributed by atoms with Crippen molar-refractivity contribution in [1.82, 2.24) is 5.32 Å². The monoisotopic (exact) mass is 1540 g/mol. The first-order valence-electron chi connectivity index (χ1n) is 43.6. The summed E-state index contributed by atoms with van der Waals surface area (Å²) < 4.78 is 34.5. The molecule has 0 radical (unpaired) electrons. The van der Waals surface area contributed by atoms with E-state index in [2.05, 4.69) is 129 Å². The number of ether oxygens (including phenoxy) is 6. The summed E-state index contributed by atoms with van der Waals surface area (Å²) in [6.45, 7) is 1.69. The molecule has 3 aliphatic rings. The maximum absolute atomic E-state index is 13.5. The molecule has 109 heavy (non-hydrogen) atoms. The Morgan fingerprint density at radius 1 is 0.339 bits per heavy atom. The average Bonchev–Trinajstić information content (AvgIpc) is 0.782. The van der Waals surface area contributed by atoms with Gasteiger partial charge in [-0.15, -0.1) is 0 Å². The third kappa shape index (κ3) is 47.8. The minimum absolute atomic E-state index is 0.220. The molecule has 0 bridgehead atoms. The number of unbranched alkanes of at least 4 members (excludes halogenated alkanes) is 35. The summed E-state index contributed by atoms with van der Waals surface area (Å²) in [6.07, 6.45) is 69.0. The van der Waals surface area contributed by atoms with Crippen LogP contribution in [0.5, 0.6) is 0 Å². The lowest BCUT2D eigenvalue weighted by atomic mass is 9.96. The summed E-state index contributed by atoms with van der Waals surface area (Å²) in [5.74, 6) is -0.275. The van der Waals surface area contributed by atoms with Crippen LogP contribution in [0.1, 0.15) is 322 Å². The van der Waals surface area contributed by atoms with Gasteiger partial charge >= 0.3 is 0 Å². The highest BCUT2D eigenvalue weighted by Gasteiger charge is 2.54. The molecular formula is C90H157NO18. The van der Waals surface area contributed by atoms with Gasteiger partial charge in [-0.3, -0.25) is 4.79 Å². The van der Waals surface area contributed by atoms with Gasteiger partial charge in [-0.1, -0.05) is 342 Å². The van der Waals surface area contributed by atoms with E-state index in [1.807, 2.05) is 0 Å². The van der Waals surface area contributed by atoms with Crippen molar-refractivity contribution in [1.29, 1.82) is 0 Å². The van der Waals surface area contributed by atoms with Crippen molar-refractivity contribution >= 4 is 5.91 Å².